The zero-order valence-electron chi connectivity index (χ0n) is 18.0. The Morgan fingerprint density at radius 3 is 1.44 bits per heavy atom. The largest absolute Gasteiger partial charge is 0.459 e. The van der Waals surface area contributed by atoms with E-state index in [0.717, 1.165) is 11.1 Å². The minimum absolute atomic E-state index is 0.0701. The highest BCUT2D eigenvalue weighted by molar-refractivity contribution is 5.89. The summed E-state index contributed by atoms with van der Waals surface area (Å²) in [6.45, 7) is 5.97. The Kier molecular flexibility index (Phi) is 4.71. The Labute approximate surface area is 184 Å². The molecule has 0 radical (unpaired) electrons. The summed E-state index contributed by atoms with van der Waals surface area (Å²) in [6, 6.07) is 0. The topological polar surface area (TPSA) is 152 Å². The van der Waals surface area contributed by atoms with E-state index in [-0.39, 0.29) is 24.0 Å². The van der Waals surface area contributed by atoms with Gasteiger partial charge in [0, 0.05) is 22.0 Å². The molecule has 2 aliphatic carbocycles. The van der Waals surface area contributed by atoms with Crippen molar-refractivity contribution >= 4 is 11.9 Å². The van der Waals surface area contributed by atoms with E-state index < -0.39 is 35.3 Å². The molecule has 4 heterocycles. The number of aliphatic hydroxyl groups is 4. The molecule has 6 atom stereocenters. The van der Waals surface area contributed by atoms with E-state index in [9.17, 15) is 30.0 Å². The lowest BCUT2D eigenvalue weighted by Gasteiger charge is -2.39. The lowest BCUT2D eigenvalue weighted by Crippen LogP contribution is -2.53. The van der Waals surface area contributed by atoms with Crippen molar-refractivity contribution in [3.05, 3.63) is 22.3 Å². The lowest BCUT2D eigenvalue weighted by molar-refractivity contribution is -0.163. The van der Waals surface area contributed by atoms with Gasteiger partial charge in [-0.1, -0.05) is 13.8 Å². The van der Waals surface area contributed by atoms with Crippen molar-refractivity contribution < 1.29 is 49.0 Å². The number of ether oxygens (including phenoxy) is 4. The van der Waals surface area contributed by atoms with E-state index >= 15 is 0 Å². The molecule has 176 valence electrons. The molecule has 4 saturated heterocycles. The molecule has 0 bridgehead atoms. The number of hydrogen-bond acceptors (Lipinski definition) is 10. The number of esters is 2. The maximum atomic E-state index is 11.5. The number of aliphatic hydroxyl groups excluding tert-OH is 2. The fourth-order valence-electron chi connectivity index (χ4n) is 5.97. The van der Waals surface area contributed by atoms with Crippen LogP contribution in [0.5, 0.6) is 0 Å². The van der Waals surface area contributed by atoms with Gasteiger partial charge in [0.05, 0.1) is 38.6 Å². The second kappa shape index (κ2) is 6.85. The second-order valence-electron chi connectivity index (χ2n) is 10.1. The maximum Gasteiger partial charge on any atom is 0.345 e. The van der Waals surface area contributed by atoms with Crippen LogP contribution in [0.2, 0.25) is 0 Å². The summed E-state index contributed by atoms with van der Waals surface area (Å²) in [4.78, 5) is 23.1. The van der Waals surface area contributed by atoms with Gasteiger partial charge in [-0.15, -0.1) is 0 Å². The zero-order valence-corrected chi connectivity index (χ0v) is 18.0. The third-order valence-electron chi connectivity index (χ3n) is 8.01. The van der Waals surface area contributed by atoms with Gasteiger partial charge in [-0.2, -0.15) is 0 Å². The van der Waals surface area contributed by atoms with E-state index in [1.165, 1.54) is 0 Å². The minimum atomic E-state index is -1.83. The smallest absolute Gasteiger partial charge is 0.345 e. The molecule has 0 aromatic heterocycles. The van der Waals surface area contributed by atoms with Crippen LogP contribution >= 0.6 is 0 Å². The van der Waals surface area contributed by atoms with E-state index in [1.807, 2.05) is 13.8 Å². The molecule has 6 rings (SSSR count). The van der Waals surface area contributed by atoms with Gasteiger partial charge in [0.2, 0.25) is 11.2 Å². The van der Waals surface area contributed by atoms with Crippen molar-refractivity contribution in [2.45, 2.75) is 50.1 Å². The van der Waals surface area contributed by atoms with Crippen molar-refractivity contribution in [3.8, 4) is 0 Å². The molecule has 10 nitrogen and oxygen atoms in total. The first-order chi connectivity index (χ1) is 15.0. The number of carbonyl (C=O) groups excluding carboxylic acids is 2. The van der Waals surface area contributed by atoms with Gasteiger partial charge < -0.3 is 39.4 Å². The predicted molar refractivity (Wildman–Crippen MR) is 105 cm³/mol. The molecule has 10 heteroatoms. The van der Waals surface area contributed by atoms with Crippen LogP contribution < -0.4 is 0 Å². The molecule has 32 heavy (non-hydrogen) atoms. The summed E-state index contributed by atoms with van der Waals surface area (Å²) >= 11 is 0. The third-order valence-corrected chi connectivity index (χ3v) is 8.01. The zero-order chi connectivity index (χ0) is 23.1. The molecule has 4 fully saturated rings. The summed E-state index contributed by atoms with van der Waals surface area (Å²) in [5, 5.41) is 40.5. The summed E-state index contributed by atoms with van der Waals surface area (Å²) in [5.41, 5.74) is -1.33. The fraction of sp³-hybridized carbons (Fsp3) is 0.727. The quantitative estimate of drug-likeness (QED) is 0.259. The van der Waals surface area contributed by atoms with Crippen molar-refractivity contribution in [1.82, 2.24) is 0 Å². The number of cyclic esters (lactones) is 2. The molecule has 0 aromatic rings. The molecule has 0 unspecified atom stereocenters. The van der Waals surface area contributed by atoms with Crippen LogP contribution in [0.25, 0.3) is 0 Å². The highest BCUT2D eigenvalue weighted by Crippen LogP contribution is 2.51. The van der Waals surface area contributed by atoms with Crippen LogP contribution in [0.3, 0.4) is 0 Å². The first-order valence-corrected chi connectivity index (χ1v) is 10.7. The van der Waals surface area contributed by atoms with E-state index in [1.54, 1.807) is 0 Å². The van der Waals surface area contributed by atoms with E-state index in [2.05, 4.69) is 0 Å². The van der Waals surface area contributed by atoms with E-state index in [0.29, 0.717) is 50.4 Å². The Morgan fingerprint density at radius 1 is 0.688 bits per heavy atom. The fourth-order valence-corrected chi connectivity index (χ4v) is 5.97. The van der Waals surface area contributed by atoms with Gasteiger partial charge in [0.25, 0.3) is 0 Å². The summed E-state index contributed by atoms with van der Waals surface area (Å²) in [5.74, 6) is -1.48. The summed E-state index contributed by atoms with van der Waals surface area (Å²) < 4.78 is 20.5. The molecule has 0 spiro atoms. The van der Waals surface area contributed by atoms with Gasteiger partial charge in [-0.05, 0) is 24.0 Å². The Hall–Kier alpha value is -1.82. The number of rotatable bonds is 0. The first kappa shape index (κ1) is 22.0. The van der Waals surface area contributed by atoms with Crippen LogP contribution in [-0.2, 0) is 28.5 Å². The van der Waals surface area contributed by atoms with Gasteiger partial charge >= 0.3 is 11.9 Å². The van der Waals surface area contributed by atoms with Gasteiger partial charge in [0.15, 0.2) is 0 Å². The molecule has 6 aliphatic rings. The molecule has 4 N–H and O–H groups in total. The number of hydrogen-bond donors (Lipinski definition) is 4. The first-order valence-electron chi connectivity index (χ1n) is 10.7. The third kappa shape index (κ3) is 2.68. The van der Waals surface area contributed by atoms with Crippen molar-refractivity contribution in [3.63, 3.8) is 0 Å². The molecule has 4 aliphatic heterocycles. The van der Waals surface area contributed by atoms with Gasteiger partial charge in [-0.3, -0.25) is 0 Å². The molecular formula is C22H28O10. The standard InChI is InChI=1S/2C11H14O5/c2*1-10-2-8(12)11(14)7(4-16-9(11)13)6(10)3-15-5-10/h2*8,12,14H,2-5H2,1H3/t2*8-,10+,11+/m10/s1. The average molecular weight is 452 g/mol. The average Bonchev–Trinajstić information content (AvgIpc) is 3.44. The number of fused-ring (bicyclic) bond motifs is 4. The van der Waals surface area contributed by atoms with Crippen LogP contribution in [-0.4, -0.2) is 95.4 Å². The summed E-state index contributed by atoms with van der Waals surface area (Å²) in [7, 11) is 0. The molecular weight excluding hydrogens is 424 g/mol. The molecule has 0 saturated carbocycles. The highest BCUT2D eigenvalue weighted by Gasteiger charge is 2.62. The molecule has 0 aromatic carbocycles. The maximum absolute atomic E-state index is 11.5. The van der Waals surface area contributed by atoms with Crippen LogP contribution in [0.1, 0.15) is 26.7 Å². The second-order valence-corrected chi connectivity index (χ2v) is 10.1. The van der Waals surface area contributed by atoms with Crippen molar-refractivity contribution in [1.29, 1.82) is 0 Å². The summed E-state index contributed by atoms with van der Waals surface area (Å²) in [6.07, 6.45) is -1.55. The Morgan fingerprint density at radius 2 is 1.06 bits per heavy atom. The predicted octanol–water partition coefficient (Wildman–Crippen LogP) is -1.26. The van der Waals surface area contributed by atoms with Gasteiger partial charge in [0.1, 0.15) is 13.2 Å². The number of carbonyl (C=O) groups is 2. The highest BCUT2D eigenvalue weighted by atomic mass is 16.6. The van der Waals surface area contributed by atoms with Crippen LogP contribution in [0.4, 0.5) is 0 Å². The van der Waals surface area contributed by atoms with E-state index in [4.69, 9.17) is 18.9 Å². The van der Waals surface area contributed by atoms with Gasteiger partial charge in [-0.25, -0.2) is 9.59 Å². The normalized spacial score (nSPS) is 46.7. The Balaban J connectivity index is 0.000000135. The van der Waals surface area contributed by atoms with Crippen molar-refractivity contribution in [2.75, 3.05) is 39.6 Å². The van der Waals surface area contributed by atoms with Crippen molar-refractivity contribution in [2.24, 2.45) is 10.8 Å². The van der Waals surface area contributed by atoms with Crippen LogP contribution in [0.15, 0.2) is 22.3 Å². The minimum Gasteiger partial charge on any atom is -0.459 e. The van der Waals surface area contributed by atoms with Crippen LogP contribution in [0, 0.1) is 10.8 Å². The Bertz CT molecular complexity index is 878. The lowest BCUT2D eigenvalue weighted by atomic mass is 9.66. The monoisotopic (exact) mass is 452 g/mol. The SMILES string of the molecule is C[C@@]12COCC1=C1COC(=O)[C@]1(O)[C@@H](O)C2.C[C@]12COCC1=C1COC(=O)[C@@]1(O)[C@H](O)C2. The molecule has 0 amide bonds.